The van der Waals surface area contributed by atoms with Crippen molar-refractivity contribution in [1.82, 2.24) is 4.90 Å². The SMILES string of the molecule is CCOC1SC=CN(C(C)C)C1=O. The van der Waals surface area contributed by atoms with E-state index in [1.54, 1.807) is 4.90 Å². The molecule has 13 heavy (non-hydrogen) atoms. The Kier molecular flexibility index (Phi) is 3.81. The van der Waals surface area contributed by atoms with E-state index < -0.39 is 0 Å². The summed E-state index contributed by atoms with van der Waals surface area (Å²) in [4.78, 5) is 13.4. The highest BCUT2D eigenvalue weighted by Gasteiger charge is 2.27. The fourth-order valence-corrected chi connectivity index (χ4v) is 1.91. The number of thioether (sulfide) groups is 1. The second-order valence-corrected chi connectivity index (χ2v) is 4.02. The topological polar surface area (TPSA) is 29.5 Å². The van der Waals surface area contributed by atoms with Crippen molar-refractivity contribution < 1.29 is 9.53 Å². The molecule has 74 valence electrons. The van der Waals surface area contributed by atoms with Gasteiger partial charge >= 0.3 is 0 Å². The summed E-state index contributed by atoms with van der Waals surface area (Å²) in [7, 11) is 0. The third-order valence-electron chi connectivity index (χ3n) is 1.75. The van der Waals surface area contributed by atoms with Crippen molar-refractivity contribution in [3.63, 3.8) is 0 Å². The smallest absolute Gasteiger partial charge is 0.266 e. The Morgan fingerprint density at radius 1 is 1.69 bits per heavy atom. The van der Waals surface area contributed by atoms with E-state index in [-0.39, 0.29) is 17.4 Å². The zero-order valence-electron chi connectivity index (χ0n) is 8.19. The monoisotopic (exact) mass is 201 g/mol. The van der Waals surface area contributed by atoms with Gasteiger partial charge in [-0.3, -0.25) is 4.79 Å². The van der Waals surface area contributed by atoms with E-state index in [9.17, 15) is 4.79 Å². The molecule has 0 saturated heterocycles. The normalized spacial score (nSPS) is 22.9. The van der Waals surface area contributed by atoms with Crippen LogP contribution in [0.15, 0.2) is 11.6 Å². The van der Waals surface area contributed by atoms with Crippen molar-refractivity contribution in [2.45, 2.75) is 32.2 Å². The van der Waals surface area contributed by atoms with E-state index in [2.05, 4.69) is 0 Å². The zero-order chi connectivity index (χ0) is 9.84. The lowest BCUT2D eigenvalue weighted by atomic mass is 10.3. The van der Waals surface area contributed by atoms with Gasteiger partial charge in [-0.05, 0) is 26.2 Å². The van der Waals surface area contributed by atoms with Gasteiger partial charge in [-0.1, -0.05) is 11.8 Å². The van der Waals surface area contributed by atoms with Gasteiger partial charge in [-0.25, -0.2) is 0 Å². The first kappa shape index (κ1) is 10.6. The molecule has 0 N–H and O–H groups in total. The molecule has 1 aliphatic rings. The first-order chi connectivity index (χ1) is 6.16. The van der Waals surface area contributed by atoms with Crippen LogP contribution in [-0.4, -0.2) is 28.9 Å². The zero-order valence-corrected chi connectivity index (χ0v) is 9.00. The molecule has 1 unspecified atom stereocenters. The summed E-state index contributed by atoms with van der Waals surface area (Å²) in [6, 6.07) is 0.201. The number of ether oxygens (including phenoxy) is 1. The van der Waals surface area contributed by atoms with Crippen molar-refractivity contribution in [1.29, 1.82) is 0 Å². The summed E-state index contributed by atoms with van der Waals surface area (Å²) in [5, 5.41) is 1.90. The first-order valence-corrected chi connectivity index (χ1v) is 5.37. The molecule has 1 rings (SSSR count). The van der Waals surface area contributed by atoms with Gasteiger partial charge in [0.2, 0.25) is 0 Å². The molecular formula is C9H15NO2S. The maximum absolute atomic E-state index is 11.7. The highest BCUT2D eigenvalue weighted by molar-refractivity contribution is 8.03. The van der Waals surface area contributed by atoms with Gasteiger partial charge in [0, 0.05) is 18.8 Å². The van der Waals surface area contributed by atoms with Crippen molar-refractivity contribution in [3.8, 4) is 0 Å². The minimum absolute atomic E-state index is 0.0457. The average Bonchev–Trinajstić information content (AvgIpc) is 2.08. The van der Waals surface area contributed by atoms with Crippen LogP contribution < -0.4 is 0 Å². The lowest BCUT2D eigenvalue weighted by molar-refractivity contribution is -0.136. The van der Waals surface area contributed by atoms with Crippen molar-refractivity contribution in [2.75, 3.05) is 6.61 Å². The van der Waals surface area contributed by atoms with Crippen LogP contribution in [0.4, 0.5) is 0 Å². The summed E-state index contributed by atoms with van der Waals surface area (Å²) >= 11 is 1.42. The molecule has 1 heterocycles. The minimum atomic E-state index is -0.350. The largest absolute Gasteiger partial charge is 0.358 e. The minimum Gasteiger partial charge on any atom is -0.358 e. The molecule has 0 fully saturated rings. The highest BCUT2D eigenvalue weighted by atomic mass is 32.2. The number of carbonyl (C=O) groups is 1. The third-order valence-corrected chi connectivity index (χ3v) is 2.62. The van der Waals surface area contributed by atoms with E-state index in [0.717, 1.165) is 0 Å². The third kappa shape index (κ3) is 2.48. The summed E-state index contributed by atoms with van der Waals surface area (Å²) in [6.07, 6.45) is 1.81. The molecule has 0 aromatic heterocycles. The molecule has 1 amide bonds. The maximum Gasteiger partial charge on any atom is 0.266 e. The van der Waals surface area contributed by atoms with Gasteiger partial charge in [0.05, 0.1) is 0 Å². The molecule has 0 aromatic carbocycles. The number of rotatable bonds is 3. The first-order valence-electron chi connectivity index (χ1n) is 4.42. The van der Waals surface area contributed by atoms with E-state index in [1.807, 2.05) is 32.4 Å². The molecule has 1 aliphatic heterocycles. The Hall–Kier alpha value is -0.480. The fraction of sp³-hybridized carbons (Fsp3) is 0.667. The number of carbonyl (C=O) groups excluding carboxylic acids is 1. The van der Waals surface area contributed by atoms with Crippen LogP contribution >= 0.6 is 11.8 Å². The van der Waals surface area contributed by atoms with Gasteiger partial charge in [0.25, 0.3) is 5.91 Å². The van der Waals surface area contributed by atoms with E-state index >= 15 is 0 Å². The standard InChI is InChI=1S/C9H15NO2S/c1-4-12-9-8(11)10(7(2)3)5-6-13-9/h5-7,9H,4H2,1-3H3. The molecule has 1 atom stereocenters. The maximum atomic E-state index is 11.7. The Bertz CT molecular complexity index is 216. The molecule has 0 aromatic rings. The van der Waals surface area contributed by atoms with Crippen molar-refractivity contribution in [3.05, 3.63) is 11.6 Å². The number of nitrogens with zero attached hydrogens (tertiary/aromatic N) is 1. The predicted octanol–water partition coefficient (Wildman–Crippen LogP) is 1.80. The van der Waals surface area contributed by atoms with Crippen LogP contribution in [0.1, 0.15) is 20.8 Å². The quantitative estimate of drug-likeness (QED) is 0.697. The Morgan fingerprint density at radius 3 is 2.92 bits per heavy atom. The molecule has 0 spiro atoms. The lowest BCUT2D eigenvalue weighted by Crippen LogP contribution is -2.41. The van der Waals surface area contributed by atoms with Crippen LogP contribution in [-0.2, 0) is 9.53 Å². The molecule has 0 bridgehead atoms. The lowest BCUT2D eigenvalue weighted by Gasteiger charge is -2.29. The summed E-state index contributed by atoms with van der Waals surface area (Å²) in [6.45, 7) is 6.44. The van der Waals surface area contributed by atoms with E-state index in [1.165, 1.54) is 11.8 Å². The van der Waals surface area contributed by atoms with Gasteiger partial charge in [-0.2, -0.15) is 0 Å². The van der Waals surface area contributed by atoms with Crippen molar-refractivity contribution in [2.24, 2.45) is 0 Å². The molecule has 0 saturated carbocycles. The summed E-state index contributed by atoms with van der Waals surface area (Å²) in [5.74, 6) is 0.0457. The van der Waals surface area contributed by atoms with Gasteiger partial charge in [0.15, 0.2) is 5.44 Å². The van der Waals surface area contributed by atoms with Gasteiger partial charge in [0.1, 0.15) is 0 Å². The average molecular weight is 201 g/mol. The second-order valence-electron chi connectivity index (χ2n) is 3.05. The van der Waals surface area contributed by atoms with Gasteiger partial charge < -0.3 is 9.64 Å². The molecule has 3 nitrogen and oxygen atoms in total. The predicted molar refractivity (Wildman–Crippen MR) is 54.1 cm³/mol. The summed E-state index contributed by atoms with van der Waals surface area (Å²) in [5.41, 5.74) is -0.350. The Morgan fingerprint density at radius 2 is 2.38 bits per heavy atom. The number of amides is 1. The van der Waals surface area contributed by atoms with Crippen LogP contribution in [0.2, 0.25) is 0 Å². The van der Waals surface area contributed by atoms with Crippen molar-refractivity contribution >= 4 is 17.7 Å². The molecule has 4 heteroatoms. The van der Waals surface area contributed by atoms with Gasteiger partial charge in [-0.15, -0.1) is 0 Å². The number of hydrogen-bond donors (Lipinski definition) is 0. The van der Waals surface area contributed by atoms with E-state index in [0.29, 0.717) is 6.61 Å². The second kappa shape index (κ2) is 4.67. The Labute approximate surface area is 83.1 Å². The van der Waals surface area contributed by atoms with Crippen LogP contribution in [0.3, 0.4) is 0 Å². The Balaban J connectivity index is 2.65. The molecule has 0 radical (unpaired) electrons. The summed E-state index contributed by atoms with van der Waals surface area (Å²) < 4.78 is 5.30. The molecule has 0 aliphatic carbocycles. The van der Waals surface area contributed by atoms with Crippen LogP contribution in [0.25, 0.3) is 0 Å². The van der Waals surface area contributed by atoms with Crippen LogP contribution in [0, 0.1) is 0 Å². The van der Waals surface area contributed by atoms with Crippen LogP contribution in [0.5, 0.6) is 0 Å². The fourth-order valence-electron chi connectivity index (χ4n) is 1.11. The van der Waals surface area contributed by atoms with E-state index in [4.69, 9.17) is 4.74 Å². The number of hydrogen-bond acceptors (Lipinski definition) is 3. The highest BCUT2D eigenvalue weighted by Crippen LogP contribution is 2.23. The molecular weight excluding hydrogens is 186 g/mol.